The van der Waals surface area contributed by atoms with Crippen molar-refractivity contribution >= 4 is 39.1 Å². The Bertz CT molecular complexity index is 1620. The standard InChI is InChI=1S/C29H28N2O5S/c1-6-7-11-35-20-10-8-9-19(14-20)24-23-25(33)21-12-15(2)16(3)13-22(21)36-26(23)28(34)31(24)29-30-17(4)27(37-29)18(5)32/h8-10,12-14,24H,6-7,11H2,1-5H3. The maximum atomic E-state index is 13.9. The molecule has 1 atom stereocenters. The third kappa shape index (κ3) is 4.25. The number of anilines is 1. The zero-order valence-corrected chi connectivity index (χ0v) is 22.3. The van der Waals surface area contributed by atoms with E-state index in [1.807, 2.05) is 44.2 Å². The van der Waals surface area contributed by atoms with Crippen LogP contribution in [0.2, 0.25) is 0 Å². The number of amides is 1. The average molecular weight is 517 g/mol. The van der Waals surface area contributed by atoms with Gasteiger partial charge < -0.3 is 9.15 Å². The minimum Gasteiger partial charge on any atom is -0.494 e. The van der Waals surface area contributed by atoms with Crippen LogP contribution in [0.15, 0.2) is 45.6 Å². The Morgan fingerprint density at radius 3 is 2.59 bits per heavy atom. The third-order valence-corrected chi connectivity index (χ3v) is 8.00. The van der Waals surface area contributed by atoms with E-state index in [1.165, 1.54) is 11.8 Å². The number of Topliss-reactive ketones (excluding diaryl/α,β-unsaturated/α-hetero) is 1. The summed E-state index contributed by atoms with van der Waals surface area (Å²) in [4.78, 5) is 46.5. The fraction of sp³-hybridized carbons (Fsp3) is 0.310. The van der Waals surface area contributed by atoms with Crippen molar-refractivity contribution in [2.75, 3.05) is 11.5 Å². The molecule has 190 valence electrons. The molecule has 0 fully saturated rings. The zero-order chi connectivity index (χ0) is 26.4. The average Bonchev–Trinajstić information content (AvgIpc) is 3.38. The molecule has 3 heterocycles. The van der Waals surface area contributed by atoms with Crippen LogP contribution in [0.5, 0.6) is 5.75 Å². The van der Waals surface area contributed by atoms with E-state index in [0.717, 1.165) is 35.3 Å². The lowest BCUT2D eigenvalue weighted by Gasteiger charge is -2.23. The first kappa shape index (κ1) is 24.9. The van der Waals surface area contributed by atoms with E-state index in [9.17, 15) is 14.4 Å². The Balaban J connectivity index is 1.74. The molecule has 2 aromatic carbocycles. The van der Waals surface area contributed by atoms with Gasteiger partial charge in [-0.15, -0.1) is 0 Å². The molecule has 7 nitrogen and oxygen atoms in total. The molecular formula is C29H28N2O5S. The highest BCUT2D eigenvalue weighted by molar-refractivity contribution is 7.17. The van der Waals surface area contributed by atoms with Crippen LogP contribution in [-0.2, 0) is 0 Å². The SMILES string of the molecule is CCCCOc1cccc(C2c3c(oc4cc(C)c(C)cc4c3=O)C(=O)N2c2nc(C)c(C(C)=O)s2)c1. The molecule has 0 saturated carbocycles. The smallest absolute Gasteiger partial charge is 0.297 e. The van der Waals surface area contributed by atoms with E-state index in [-0.39, 0.29) is 22.5 Å². The fourth-order valence-corrected chi connectivity index (χ4v) is 5.65. The molecule has 0 bridgehead atoms. The fourth-order valence-electron chi connectivity index (χ4n) is 4.66. The van der Waals surface area contributed by atoms with Gasteiger partial charge in [0.1, 0.15) is 11.3 Å². The van der Waals surface area contributed by atoms with Crippen LogP contribution >= 0.6 is 11.3 Å². The summed E-state index contributed by atoms with van der Waals surface area (Å²) >= 11 is 1.14. The topological polar surface area (TPSA) is 89.7 Å². The highest BCUT2D eigenvalue weighted by Gasteiger charge is 2.45. The number of rotatable bonds is 7. The van der Waals surface area contributed by atoms with Crippen molar-refractivity contribution in [2.24, 2.45) is 0 Å². The summed E-state index contributed by atoms with van der Waals surface area (Å²) in [6.07, 6.45) is 1.93. The van der Waals surface area contributed by atoms with Crippen molar-refractivity contribution < 1.29 is 18.7 Å². The molecule has 1 amide bonds. The maximum Gasteiger partial charge on any atom is 0.297 e. The predicted molar refractivity (Wildman–Crippen MR) is 144 cm³/mol. The van der Waals surface area contributed by atoms with E-state index >= 15 is 0 Å². The first-order valence-corrected chi connectivity index (χ1v) is 13.2. The summed E-state index contributed by atoms with van der Waals surface area (Å²) < 4.78 is 12.0. The molecule has 8 heteroatoms. The van der Waals surface area contributed by atoms with Crippen LogP contribution in [0.25, 0.3) is 11.0 Å². The molecule has 0 aliphatic carbocycles. The summed E-state index contributed by atoms with van der Waals surface area (Å²) in [7, 11) is 0. The number of thiazole rings is 1. The van der Waals surface area contributed by atoms with Gasteiger partial charge >= 0.3 is 0 Å². The highest BCUT2D eigenvalue weighted by Crippen LogP contribution is 2.43. The predicted octanol–water partition coefficient (Wildman–Crippen LogP) is 6.31. The van der Waals surface area contributed by atoms with E-state index < -0.39 is 11.9 Å². The van der Waals surface area contributed by atoms with Gasteiger partial charge in [-0.2, -0.15) is 0 Å². The number of hydrogen-bond donors (Lipinski definition) is 0. The molecule has 1 unspecified atom stereocenters. The second-order valence-electron chi connectivity index (χ2n) is 9.43. The quantitative estimate of drug-likeness (QED) is 0.211. The van der Waals surface area contributed by atoms with Crippen LogP contribution in [0.4, 0.5) is 5.13 Å². The first-order chi connectivity index (χ1) is 17.7. The van der Waals surface area contributed by atoms with Crippen LogP contribution in [0.3, 0.4) is 0 Å². The Kier molecular flexibility index (Phi) is 6.45. The van der Waals surface area contributed by atoms with Gasteiger partial charge in [0.2, 0.25) is 5.76 Å². The van der Waals surface area contributed by atoms with Crippen LogP contribution in [0, 0.1) is 20.8 Å². The Hall–Kier alpha value is -3.78. The van der Waals surface area contributed by atoms with Gasteiger partial charge in [0, 0.05) is 6.92 Å². The molecule has 1 aliphatic rings. The number of aromatic nitrogens is 1. The minimum absolute atomic E-state index is 0.000264. The Labute approximate surface area is 218 Å². The van der Waals surface area contributed by atoms with Crippen molar-refractivity contribution in [1.29, 1.82) is 0 Å². The lowest BCUT2D eigenvalue weighted by Crippen LogP contribution is -2.29. The number of fused-ring (bicyclic) bond motifs is 2. The first-order valence-electron chi connectivity index (χ1n) is 12.3. The molecule has 2 aromatic heterocycles. The summed E-state index contributed by atoms with van der Waals surface area (Å²) in [5.41, 5.74) is 3.56. The van der Waals surface area contributed by atoms with Crippen molar-refractivity contribution in [3.8, 4) is 5.75 Å². The molecule has 0 spiro atoms. The number of unbranched alkanes of at least 4 members (excludes halogenated alkanes) is 1. The van der Waals surface area contributed by atoms with Crippen molar-refractivity contribution in [2.45, 2.75) is 53.5 Å². The second-order valence-corrected chi connectivity index (χ2v) is 10.4. The summed E-state index contributed by atoms with van der Waals surface area (Å²) in [5, 5.41) is 0.772. The normalized spacial score (nSPS) is 14.9. The molecule has 1 aliphatic heterocycles. The number of ketones is 1. The van der Waals surface area contributed by atoms with Crippen LogP contribution in [-0.4, -0.2) is 23.3 Å². The molecule has 0 saturated heterocycles. The van der Waals surface area contributed by atoms with Gasteiger partial charge in [-0.3, -0.25) is 19.3 Å². The maximum absolute atomic E-state index is 13.9. The summed E-state index contributed by atoms with van der Waals surface area (Å²) in [6, 6.07) is 10.3. The molecule has 0 N–H and O–H groups in total. The monoisotopic (exact) mass is 516 g/mol. The summed E-state index contributed by atoms with van der Waals surface area (Å²) in [6.45, 7) is 9.76. The number of ether oxygens (including phenoxy) is 1. The molecular weight excluding hydrogens is 488 g/mol. The number of hydrogen-bond acceptors (Lipinski definition) is 7. The lowest BCUT2D eigenvalue weighted by atomic mass is 9.97. The molecule has 5 rings (SSSR count). The number of carbonyl (C=O) groups is 2. The molecule has 0 radical (unpaired) electrons. The zero-order valence-electron chi connectivity index (χ0n) is 21.5. The van der Waals surface area contributed by atoms with Gasteiger partial charge in [-0.05, 0) is 68.1 Å². The Morgan fingerprint density at radius 2 is 1.89 bits per heavy atom. The van der Waals surface area contributed by atoms with Crippen molar-refractivity contribution in [3.05, 3.63) is 85.2 Å². The minimum atomic E-state index is -0.773. The van der Waals surface area contributed by atoms with Gasteiger partial charge in [-0.25, -0.2) is 4.98 Å². The van der Waals surface area contributed by atoms with E-state index in [4.69, 9.17) is 9.15 Å². The van der Waals surface area contributed by atoms with E-state index in [1.54, 1.807) is 13.0 Å². The van der Waals surface area contributed by atoms with E-state index in [2.05, 4.69) is 11.9 Å². The van der Waals surface area contributed by atoms with Crippen molar-refractivity contribution in [3.63, 3.8) is 0 Å². The second kappa shape index (κ2) is 9.59. The molecule has 4 aromatic rings. The number of aryl methyl sites for hydroxylation is 3. The van der Waals surface area contributed by atoms with Gasteiger partial charge in [0.05, 0.1) is 34.2 Å². The number of nitrogens with zero attached hydrogens (tertiary/aromatic N) is 2. The van der Waals surface area contributed by atoms with E-state index in [0.29, 0.717) is 44.6 Å². The van der Waals surface area contributed by atoms with Gasteiger partial charge in [-0.1, -0.05) is 36.8 Å². The third-order valence-electron chi connectivity index (χ3n) is 6.74. The van der Waals surface area contributed by atoms with Crippen LogP contribution in [0.1, 0.15) is 80.9 Å². The van der Waals surface area contributed by atoms with Gasteiger partial charge in [0.15, 0.2) is 16.3 Å². The summed E-state index contributed by atoms with van der Waals surface area (Å²) in [5.74, 6) is 0.0704. The molecule has 37 heavy (non-hydrogen) atoms. The lowest BCUT2D eigenvalue weighted by molar-refractivity contribution is 0.0969. The highest BCUT2D eigenvalue weighted by atomic mass is 32.1. The number of carbonyl (C=O) groups excluding carboxylic acids is 2. The Morgan fingerprint density at radius 1 is 1.14 bits per heavy atom. The van der Waals surface area contributed by atoms with Gasteiger partial charge in [0.25, 0.3) is 5.91 Å². The largest absolute Gasteiger partial charge is 0.494 e. The number of benzene rings is 2. The van der Waals surface area contributed by atoms with Crippen LogP contribution < -0.4 is 15.1 Å². The van der Waals surface area contributed by atoms with Crippen molar-refractivity contribution in [1.82, 2.24) is 4.98 Å².